The molecule has 5 heterocycles. The number of anilines is 1. The van der Waals surface area contributed by atoms with Crippen LogP contribution in [0.3, 0.4) is 0 Å². The molecule has 0 unspecified atom stereocenters. The molecule has 0 atom stereocenters. The molecule has 38 heavy (non-hydrogen) atoms. The molecule has 0 bridgehead atoms. The number of pyridine rings is 2. The molecule has 3 aromatic heterocycles. The predicted molar refractivity (Wildman–Crippen MR) is 148 cm³/mol. The van der Waals surface area contributed by atoms with Gasteiger partial charge in [0.1, 0.15) is 5.69 Å². The first-order valence-electron chi connectivity index (χ1n) is 13.7. The number of nitrogens with zero attached hydrogens (tertiary/aromatic N) is 5. The third-order valence-electron chi connectivity index (χ3n) is 8.19. The minimum Gasteiger partial charge on any atom is -0.342 e. The first-order valence-corrected chi connectivity index (χ1v) is 13.7. The maximum Gasteiger partial charge on any atom is 0.270 e. The second kappa shape index (κ2) is 10.5. The lowest BCUT2D eigenvalue weighted by atomic mass is 9.93. The number of piperidine rings is 2. The van der Waals surface area contributed by atoms with Gasteiger partial charge in [-0.1, -0.05) is 18.2 Å². The number of carbonyl (C=O) groups excluding carboxylic acids is 1. The van der Waals surface area contributed by atoms with Crippen molar-refractivity contribution in [2.75, 3.05) is 31.9 Å². The molecule has 0 aliphatic carbocycles. The Labute approximate surface area is 223 Å². The predicted octanol–water partition coefficient (Wildman–Crippen LogP) is 3.88. The molecule has 0 radical (unpaired) electrons. The van der Waals surface area contributed by atoms with E-state index in [1.165, 1.54) is 11.1 Å². The molecule has 2 aliphatic heterocycles. The van der Waals surface area contributed by atoms with Crippen molar-refractivity contribution in [1.82, 2.24) is 24.3 Å². The van der Waals surface area contributed by atoms with Crippen molar-refractivity contribution in [3.63, 3.8) is 0 Å². The monoisotopic (exact) mass is 510 g/mol. The van der Waals surface area contributed by atoms with Gasteiger partial charge in [0.2, 0.25) is 5.91 Å². The molecule has 4 aromatic rings. The number of aryl methyl sites for hydroxylation is 1. The SMILES string of the molecule is Cc1cccc2c1nc(-c1ccccn1)n2C1CCN(C(=O)C2CCN(Cc3cc[nH+]c(N)c3)CC2)CC1. The molecule has 6 rings (SSSR count). The number of aromatic nitrogens is 4. The van der Waals surface area contributed by atoms with E-state index in [2.05, 4.69) is 55.5 Å². The summed E-state index contributed by atoms with van der Waals surface area (Å²) in [5.74, 6) is 2.06. The molecule has 1 aromatic carbocycles. The molecule has 0 saturated carbocycles. The zero-order valence-electron chi connectivity index (χ0n) is 22.0. The average molecular weight is 511 g/mol. The summed E-state index contributed by atoms with van der Waals surface area (Å²) < 4.78 is 2.37. The Kier molecular flexibility index (Phi) is 6.81. The van der Waals surface area contributed by atoms with Crippen LogP contribution < -0.4 is 10.7 Å². The average Bonchev–Trinajstić information content (AvgIpc) is 3.35. The molecule has 2 fully saturated rings. The summed E-state index contributed by atoms with van der Waals surface area (Å²) in [7, 11) is 0. The third-order valence-corrected chi connectivity index (χ3v) is 8.19. The zero-order valence-corrected chi connectivity index (χ0v) is 22.0. The van der Waals surface area contributed by atoms with Crippen LogP contribution >= 0.6 is 0 Å². The number of amides is 1. The largest absolute Gasteiger partial charge is 0.342 e. The van der Waals surface area contributed by atoms with E-state index in [0.29, 0.717) is 17.8 Å². The number of carbonyl (C=O) groups is 1. The fourth-order valence-corrected chi connectivity index (χ4v) is 6.13. The maximum atomic E-state index is 13.5. The van der Waals surface area contributed by atoms with Gasteiger partial charge in [0.15, 0.2) is 5.82 Å². The van der Waals surface area contributed by atoms with E-state index in [-0.39, 0.29) is 5.92 Å². The first-order chi connectivity index (χ1) is 18.6. The second-order valence-corrected chi connectivity index (χ2v) is 10.7. The number of nitrogen functional groups attached to an aromatic ring is 1. The van der Waals surface area contributed by atoms with Gasteiger partial charge in [-0.2, -0.15) is 0 Å². The number of hydrogen-bond donors (Lipinski definition) is 1. The minimum absolute atomic E-state index is 0.123. The standard InChI is InChI=1S/C30H35N7O/c1-21-5-4-7-26-28(21)34-29(25-6-2-3-13-32-25)37(26)24-11-17-36(18-12-24)30(38)23-9-15-35(16-10-23)20-22-8-14-33-27(31)19-22/h2-8,13-14,19,23-24H,9-12,15-18,20H2,1H3,(H2,31,33)/p+1. The Morgan fingerprint density at radius 1 is 1.03 bits per heavy atom. The molecule has 3 N–H and O–H groups in total. The number of benzene rings is 1. The maximum absolute atomic E-state index is 13.5. The number of H-pyrrole nitrogens is 1. The van der Waals surface area contributed by atoms with Crippen molar-refractivity contribution < 1.29 is 9.78 Å². The summed E-state index contributed by atoms with van der Waals surface area (Å²) in [6.07, 6.45) is 7.40. The van der Waals surface area contributed by atoms with Crippen LogP contribution in [-0.4, -0.2) is 56.4 Å². The van der Waals surface area contributed by atoms with Crippen LogP contribution in [0, 0.1) is 12.8 Å². The van der Waals surface area contributed by atoms with Crippen molar-refractivity contribution in [2.45, 2.75) is 45.2 Å². The van der Waals surface area contributed by atoms with E-state index in [4.69, 9.17) is 10.7 Å². The molecule has 8 heteroatoms. The lowest BCUT2D eigenvalue weighted by molar-refractivity contribution is -0.360. The highest BCUT2D eigenvalue weighted by Gasteiger charge is 2.32. The normalized spacial score (nSPS) is 17.8. The number of nitrogens with one attached hydrogen (secondary N) is 1. The van der Waals surface area contributed by atoms with Gasteiger partial charge in [0, 0.05) is 43.9 Å². The van der Waals surface area contributed by atoms with Crippen molar-refractivity contribution in [1.29, 1.82) is 0 Å². The Bertz CT molecular complexity index is 1420. The van der Waals surface area contributed by atoms with Crippen molar-refractivity contribution in [3.05, 3.63) is 72.1 Å². The quantitative estimate of drug-likeness (QED) is 0.440. The Balaban J connectivity index is 1.11. The number of fused-ring (bicyclic) bond motifs is 1. The number of para-hydroxylation sites is 1. The van der Waals surface area contributed by atoms with Crippen LogP contribution in [0.2, 0.25) is 0 Å². The number of hydrogen-bond acceptors (Lipinski definition) is 5. The lowest BCUT2D eigenvalue weighted by Crippen LogP contribution is -2.45. The van der Waals surface area contributed by atoms with Gasteiger partial charge in [-0.05, 0) is 81.1 Å². The van der Waals surface area contributed by atoms with Gasteiger partial charge in [-0.3, -0.25) is 20.4 Å². The zero-order chi connectivity index (χ0) is 26.1. The van der Waals surface area contributed by atoms with Gasteiger partial charge in [0.25, 0.3) is 5.82 Å². The molecule has 1 amide bonds. The van der Waals surface area contributed by atoms with Crippen LogP contribution in [0.5, 0.6) is 0 Å². The highest BCUT2D eigenvalue weighted by molar-refractivity contribution is 5.83. The molecular weight excluding hydrogens is 474 g/mol. The fourth-order valence-electron chi connectivity index (χ4n) is 6.13. The van der Waals surface area contributed by atoms with Crippen LogP contribution in [0.15, 0.2) is 60.9 Å². The molecule has 8 nitrogen and oxygen atoms in total. The summed E-state index contributed by atoms with van der Waals surface area (Å²) in [5, 5.41) is 0. The summed E-state index contributed by atoms with van der Waals surface area (Å²) in [5.41, 5.74) is 11.4. The number of nitrogens with two attached hydrogens (primary N) is 1. The van der Waals surface area contributed by atoms with Crippen molar-refractivity contribution >= 4 is 22.8 Å². The smallest absolute Gasteiger partial charge is 0.270 e. The van der Waals surface area contributed by atoms with E-state index in [1.807, 2.05) is 36.7 Å². The Hall–Kier alpha value is -3.78. The van der Waals surface area contributed by atoms with E-state index in [1.54, 1.807) is 0 Å². The number of imidazole rings is 1. The third kappa shape index (κ3) is 4.88. The van der Waals surface area contributed by atoms with Gasteiger partial charge in [0.05, 0.1) is 17.2 Å². The van der Waals surface area contributed by atoms with Gasteiger partial charge in [-0.25, -0.2) is 9.97 Å². The summed E-state index contributed by atoms with van der Waals surface area (Å²) in [4.78, 5) is 30.6. The van der Waals surface area contributed by atoms with Crippen molar-refractivity contribution in [3.8, 4) is 11.5 Å². The van der Waals surface area contributed by atoms with E-state index < -0.39 is 0 Å². The van der Waals surface area contributed by atoms with Crippen LogP contribution in [-0.2, 0) is 11.3 Å². The van der Waals surface area contributed by atoms with E-state index in [0.717, 1.165) is 81.0 Å². The Morgan fingerprint density at radius 3 is 2.58 bits per heavy atom. The summed E-state index contributed by atoms with van der Waals surface area (Å²) >= 11 is 0. The highest BCUT2D eigenvalue weighted by atomic mass is 16.2. The molecule has 196 valence electrons. The topological polar surface area (TPSA) is 94.4 Å². The highest BCUT2D eigenvalue weighted by Crippen LogP contribution is 2.34. The van der Waals surface area contributed by atoms with Gasteiger partial charge >= 0.3 is 0 Å². The van der Waals surface area contributed by atoms with Gasteiger partial charge < -0.3 is 9.47 Å². The fraction of sp³-hybridized carbons (Fsp3) is 0.400. The lowest BCUT2D eigenvalue weighted by Gasteiger charge is -2.38. The molecule has 0 spiro atoms. The van der Waals surface area contributed by atoms with Crippen LogP contribution in [0.1, 0.15) is 42.9 Å². The van der Waals surface area contributed by atoms with Crippen molar-refractivity contribution in [2.24, 2.45) is 5.92 Å². The first kappa shape index (κ1) is 24.6. The van der Waals surface area contributed by atoms with E-state index in [9.17, 15) is 4.79 Å². The second-order valence-electron chi connectivity index (χ2n) is 10.7. The molecule has 2 saturated heterocycles. The molecule has 2 aliphatic rings. The molecular formula is C30H36N7O+. The number of aromatic amines is 1. The van der Waals surface area contributed by atoms with Crippen LogP contribution in [0.4, 0.5) is 5.82 Å². The van der Waals surface area contributed by atoms with E-state index >= 15 is 0 Å². The summed E-state index contributed by atoms with van der Waals surface area (Å²) in [6.45, 7) is 6.45. The Morgan fingerprint density at radius 2 is 1.84 bits per heavy atom. The van der Waals surface area contributed by atoms with Crippen LogP contribution in [0.25, 0.3) is 22.6 Å². The van der Waals surface area contributed by atoms with Gasteiger partial charge in [-0.15, -0.1) is 0 Å². The number of rotatable bonds is 5. The summed E-state index contributed by atoms with van der Waals surface area (Å²) in [6, 6.07) is 16.7. The minimum atomic E-state index is 0.123. The number of likely N-dealkylation sites (tertiary alicyclic amines) is 2.